The maximum atomic E-state index is 12.0. The van der Waals surface area contributed by atoms with Crippen molar-refractivity contribution in [3.05, 3.63) is 23.0 Å². The van der Waals surface area contributed by atoms with Crippen LogP contribution in [0.25, 0.3) is 0 Å². The number of hydrogen-bond donors (Lipinski definition) is 1. The molecule has 2 heterocycles. The molecular formula is C15H23N7O2. The van der Waals surface area contributed by atoms with E-state index in [0.717, 1.165) is 31.0 Å². The van der Waals surface area contributed by atoms with Crippen LogP contribution in [0.15, 0.2) is 4.63 Å². The summed E-state index contributed by atoms with van der Waals surface area (Å²) in [6, 6.07) is 0.177. The van der Waals surface area contributed by atoms with Gasteiger partial charge in [-0.1, -0.05) is 10.3 Å². The second kappa shape index (κ2) is 6.68. The summed E-state index contributed by atoms with van der Waals surface area (Å²) in [7, 11) is 6.02. The van der Waals surface area contributed by atoms with Crippen LogP contribution >= 0.6 is 0 Å². The molecule has 0 aromatic carbocycles. The zero-order valence-corrected chi connectivity index (χ0v) is 14.5. The predicted octanol–water partition coefficient (Wildman–Crippen LogP) is 0.173. The van der Waals surface area contributed by atoms with Gasteiger partial charge in [0.25, 0.3) is 0 Å². The Hall–Kier alpha value is -2.29. The maximum absolute atomic E-state index is 12.0. The first-order valence-corrected chi connectivity index (χ1v) is 8.04. The van der Waals surface area contributed by atoms with E-state index < -0.39 is 0 Å². The van der Waals surface area contributed by atoms with E-state index in [2.05, 4.69) is 39.9 Å². The number of carbonyl (C=O) groups excluding carboxylic acids is 1. The first kappa shape index (κ1) is 16.6. The fourth-order valence-corrected chi connectivity index (χ4v) is 2.94. The number of rotatable bonds is 6. The minimum Gasteiger partial charge on any atom is -0.353 e. The van der Waals surface area contributed by atoms with Crippen molar-refractivity contribution in [3.8, 4) is 0 Å². The Kier molecular flexibility index (Phi) is 4.61. The lowest BCUT2D eigenvalue weighted by Gasteiger charge is -2.35. The van der Waals surface area contributed by atoms with Crippen molar-refractivity contribution in [2.45, 2.75) is 44.7 Å². The summed E-state index contributed by atoms with van der Waals surface area (Å²) < 4.78 is 6.67. The van der Waals surface area contributed by atoms with Crippen LogP contribution in [-0.4, -0.2) is 56.0 Å². The molecule has 0 radical (unpaired) electrons. The second-order valence-corrected chi connectivity index (χ2v) is 6.68. The molecule has 130 valence electrons. The summed E-state index contributed by atoms with van der Waals surface area (Å²) in [6.45, 7) is 2.54. The van der Waals surface area contributed by atoms with Crippen LogP contribution in [0, 0.1) is 6.92 Å². The molecule has 2 aromatic rings. The highest BCUT2D eigenvalue weighted by Crippen LogP contribution is 2.35. The first-order valence-electron chi connectivity index (χ1n) is 8.04. The van der Waals surface area contributed by atoms with Crippen LogP contribution in [0.3, 0.4) is 0 Å². The van der Waals surface area contributed by atoms with Crippen molar-refractivity contribution in [1.29, 1.82) is 0 Å². The van der Waals surface area contributed by atoms with Crippen molar-refractivity contribution in [2.75, 3.05) is 14.1 Å². The highest BCUT2D eigenvalue weighted by molar-refractivity contribution is 5.78. The topological polar surface area (TPSA) is 102 Å². The number of aryl methyl sites for hydroxylation is 1. The fraction of sp³-hybridized carbons (Fsp3) is 0.667. The van der Waals surface area contributed by atoms with Gasteiger partial charge in [0, 0.05) is 19.0 Å². The van der Waals surface area contributed by atoms with Gasteiger partial charge in [0.15, 0.2) is 0 Å². The van der Waals surface area contributed by atoms with Crippen LogP contribution in [0.2, 0.25) is 0 Å². The molecular weight excluding hydrogens is 310 g/mol. The van der Waals surface area contributed by atoms with Crippen molar-refractivity contribution in [1.82, 2.24) is 35.3 Å². The molecule has 1 amide bonds. The second-order valence-electron chi connectivity index (χ2n) is 6.68. The zero-order chi connectivity index (χ0) is 17.3. The van der Waals surface area contributed by atoms with Gasteiger partial charge in [-0.3, -0.25) is 4.79 Å². The van der Waals surface area contributed by atoms with Gasteiger partial charge in [-0.2, -0.15) is 0 Å². The van der Waals surface area contributed by atoms with E-state index in [1.54, 1.807) is 6.92 Å². The highest BCUT2D eigenvalue weighted by Gasteiger charge is 2.35. The molecule has 9 heteroatoms. The molecule has 0 atom stereocenters. The number of nitrogens with zero attached hydrogens (tertiary/aromatic N) is 6. The maximum Gasteiger partial charge on any atom is 0.226 e. The van der Waals surface area contributed by atoms with E-state index >= 15 is 0 Å². The molecule has 1 aliphatic rings. The highest BCUT2D eigenvalue weighted by atomic mass is 16.6. The van der Waals surface area contributed by atoms with Gasteiger partial charge in [-0.25, -0.2) is 4.63 Å². The quantitative estimate of drug-likeness (QED) is 0.804. The summed E-state index contributed by atoms with van der Waals surface area (Å²) in [5, 5.41) is 19.0. The zero-order valence-electron chi connectivity index (χ0n) is 14.5. The molecule has 9 nitrogen and oxygen atoms in total. The average Bonchev–Trinajstić information content (AvgIpc) is 3.02. The number of amides is 1. The van der Waals surface area contributed by atoms with E-state index in [-0.39, 0.29) is 18.4 Å². The Balaban J connectivity index is 1.50. The Bertz CT molecular complexity index is 715. The normalized spacial score (nSPS) is 20.2. The van der Waals surface area contributed by atoms with Gasteiger partial charge >= 0.3 is 0 Å². The Morgan fingerprint density at radius 3 is 2.71 bits per heavy atom. The lowest BCUT2D eigenvalue weighted by atomic mass is 9.79. The van der Waals surface area contributed by atoms with E-state index in [9.17, 15) is 4.79 Å². The number of nitrogens with one attached hydrogen (secondary N) is 1. The molecule has 0 saturated heterocycles. The van der Waals surface area contributed by atoms with Crippen molar-refractivity contribution in [2.24, 2.45) is 7.05 Å². The molecule has 1 saturated carbocycles. The summed E-state index contributed by atoms with van der Waals surface area (Å²) >= 11 is 0. The Morgan fingerprint density at radius 1 is 1.33 bits per heavy atom. The first-order chi connectivity index (χ1) is 11.4. The molecule has 0 spiro atoms. The molecule has 1 N–H and O–H groups in total. The van der Waals surface area contributed by atoms with Crippen LogP contribution in [0.5, 0.6) is 0 Å². The average molecular weight is 333 g/mol. The summed E-state index contributed by atoms with van der Waals surface area (Å²) in [4.78, 5) is 14.1. The van der Waals surface area contributed by atoms with Crippen molar-refractivity contribution in [3.63, 3.8) is 0 Å². The van der Waals surface area contributed by atoms with E-state index in [0.29, 0.717) is 17.3 Å². The third-order valence-electron chi connectivity index (χ3n) is 4.40. The molecule has 3 rings (SSSR count). The standard InChI is InChI=1S/C15H23N7O2/c1-9-12(20-24-19-9)7-14(23)16-11-5-10(6-11)15-18-17-13(22(15)4)8-21(2)3/h10-11H,5-8H2,1-4H3,(H,16,23). The minimum atomic E-state index is -0.0523. The Labute approximate surface area is 140 Å². The van der Waals surface area contributed by atoms with E-state index in [1.165, 1.54) is 0 Å². The monoisotopic (exact) mass is 333 g/mol. The van der Waals surface area contributed by atoms with Crippen LogP contribution in [-0.2, 0) is 24.8 Å². The third kappa shape index (κ3) is 3.45. The van der Waals surface area contributed by atoms with Gasteiger partial charge in [-0.15, -0.1) is 10.2 Å². The van der Waals surface area contributed by atoms with Crippen molar-refractivity contribution < 1.29 is 9.42 Å². The molecule has 24 heavy (non-hydrogen) atoms. The largest absolute Gasteiger partial charge is 0.353 e. The smallest absolute Gasteiger partial charge is 0.226 e. The molecule has 0 unspecified atom stereocenters. The van der Waals surface area contributed by atoms with E-state index in [4.69, 9.17) is 0 Å². The van der Waals surface area contributed by atoms with Crippen LogP contribution in [0.4, 0.5) is 0 Å². The van der Waals surface area contributed by atoms with Gasteiger partial charge in [0.2, 0.25) is 5.91 Å². The van der Waals surface area contributed by atoms with Gasteiger partial charge in [0.1, 0.15) is 23.0 Å². The number of hydrogen-bond acceptors (Lipinski definition) is 7. The SMILES string of the molecule is Cc1nonc1CC(=O)NC1CC(c2nnc(CN(C)C)n2C)C1. The molecule has 1 fully saturated rings. The van der Waals surface area contributed by atoms with Gasteiger partial charge in [0.05, 0.1) is 13.0 Å². The van der Waals surface area contributed by atoms with Gasteiger partial charge in [-0.05, 0) is 33.9 Å². The molecule has 2 aromatic heterocycles. The number of aromatic nitrogens is 5. The summed E-state index contributed by atoms with van der Waals surface area (Å²) in [6.07, 6.45) is 1.97. The molecule has 0 bridgehead atoms. The number of carbonyl (C=O) groups is 1. The third-order valence-corrected chi connectivity index (χ3v) is 4.40. The van der Waals surface area contributed by atoms with E-state index in [1.807, 2.05) is 21.1 Å². The van der Waals surface area contributed by atoms with Crippen LogP contribution < -0.4 is 5.32 Å². The summed E-state index contributed by atoms with van der Waals surface area (Å²) in [5.74, 6) is 2.24. The lowest BCUT2D eigenvalue weighted by Crippen LogP contribution is -2.44. The summed E-state index contributed by atoms with van der Waals surface area (Å²) in [5.41, 5.74) is 1.24. The lowest BCUT2D eigenvalue weighted by molar-refractivity contribution is -0.121. The van der Waals surface area contributed by atoms with Gasteiger partial charge < -0.3 is 14.8 Å². The fourth-order valence-electron chi connectivity index (χ4n) is 2.94. The van der Waals surface area contributed by atoms with Crippen LogP contribution in [0.1, 0.15) is 41.8 Å². The molecule has 1 aliphatic carbocycles. The Morgan fingerprint density at radius 2 is 2.08 bits per heavy atom. The minimum absolute atomic E-state index is 0.0523. The van der Waals surface area contributed by atoms with Crippen molar-refractivity contribution >= 4 is 5.91 Å². The molecule has 0 aliphatic heterocycles. The predicted molar refractivity (Wildman–Crippen MR) is 85.0 cm³/mol.